The molecule has 1 aromatic heterocycles. The summed E-state index contributed by atoms with van der Waals surface area (Å²) in [4.78, 5) is 2.28. The summed E-state index contributed by atoms with van der Waals surface area (Å²) >= 11 is 0. The molecule has 3 rings (SSSR count). The molecule has 1 fully saturated rings. The van der Waals surface area contributed by atoms with Gasteiger partial charge in [0.05, 0.1) is 24.8 Å². The third-order valence-corrected chi connectivity index (χ3v) is 3.97. The van der Waals surface area contributed by atoms with E-state index in [2.05, 4.69) is 41.2 Å². The van der Waals surface area contributed by atoms with Crippen molar-refractivity contribution in [3.63, 3.8) is 0 Å². The summed E-state index contributed by atoms with van der Waals surface area (Å²) in [5, 5.41) is 12.3. The number of ether oxygens (including phenoxy) is 1. The second-order valence-electron chi connectivity index (χ2n) is 6.72. The number of morpholine rings is 1. The zero-order valence-corrected chi connectivity index (χ0v) is 13.7. The van der Waals surface area contributed by atoms with Crippen molar-refractivity contribution in [2.75, 3.05) is 26.3 Å². The second kappa shape index (κ2) is 6.33. The molecule has 124 valence electrons. The maximum atomic E-state index is 13.3. The van der Waals surface area contributed by atoms with Crippen molar-refractivity contribution in [3.05, 3.63) is 41.5 Å². The monoisotopic (exact) mass is 319 g/mol. The lowest BCUT2D eigenvalue weighted by Gasteiger charge is -2.35. The highest BCUT2D eigenvalue weighted by Crippen LogP contribution is 2.30. The van der Waals surface area contributed by atoms with Gasteiger partial charge in [0.15, 0.2) is 5.82 Å². The summed E-state index contributed by atoms with van der Waals surface area (Å²) in [6, 6.07) is 6.45. The Morgan fingerprint density at radius 2 is 1.78 bits per heavy atom. The summed E-state index contributed by atoms with van der Waals surface area (Å²) in [7, 11) is 0. The molecular formula is C16H22FN5O. The van der Waals surface area contributed by atoms with Crippen LogP contribution in [0.2, 0.25) is 0 Å². The molecular weight excluding hydrogens is 297 g/mol. The van der Waals surface area contributed by atoms with Gasteiger partial charge in [0.2, 0.25) is 0 Å². The summed E-state index contributed by atoms with van der Waals surface area (Å²) in [5.74, 6) is 0.524. The highest BCUT2D eigenvalue weighted by atomic mass is 19.1. The Hall–Kier alpha value is -1.86. The van der Waals surface area contributed by atoms with E-state index in [1.807, 2.05) is 4.68 Å². The Kier molecular flexibility index (Phi) is 4.41. The van der Waals surface area contributed by atoms with E-state index < -0.39 is 0 Å². The molecule has 0 amide bonds. The average molecular weight is 319 g/mol. The van der Waals surface area contributed by atoms with Crippen LogP contribution >= 0.6 is 0 Å². The van der Waals surface area contributed by atoms with E-state index in [1.54, 1.807) is 12.1 Å². The third kappa shape index (κ3) is 3.40. The Balaban J connectivity index is 2.05. The molecule has 0 aliphatic carbocycles. The molecule has 6 nitrogen and oxygen atoms in total. The van der Waals surface area contributed by atoms with Gasteiger partial charge in [-0.25, -0.2) is 9.07 Å². The van der Waals surface area contributed by atoms with Crippen LogP contribution in [0.1, 0.15) is 38.2 Å². The predicted octanol–water partition coefficient (Wildman–Crippen LogP) is 1.99. The number of rotatable bonds is 3. The van der Waals surface area contributed by atoms with Crippen molar-refractivity contribution in [1.82, 2.24) is 25.1 Å². The zero-order chi connectivity index (χ0) is 16.4. The summed E-state index contributed by atoms with van der Waals surface area (Å²) < 4.78 is 20.6. The van der Waals surface area contributed by atoms with Crippen LogP contribution in [0.3, 0.4) is 0 Å². The standard InChI is InChI=1S/C16H22FN5O/c1-16(2,3)22-15(18-19-20-22)14(21-8-10-23-11-9-21)12-4-6-13(17)7-5-12/h4-7,14H,8-11H2,1-3H3. The van der Waals surface area contributed by atoms with Crippen LogP contribution in [0.25, 0.3) is 0 Å². The molecule has 1 unspecified atom stereocenters. The number of halogens is 1. The summed E-state index contributed by atoms with van der Waals surface area (Å²) in [6.07, 6.45) is 0. The highest BCUT2D eigenvalue weighted by molar-refractivity contribution is 5.25. The Morgan fingerprint density at radius 1 is 1.13 bits per heavy atom. The molecule has 0 saturated carbocycles. The minimum absolute atomic E-state index is 0.117. The van der Waals surface area contributed by atoms with Crippen LogP contribution in [0.5, 0.6) is 0 Å². The molecule has 1 saturated heterocycles. The normalized spacial score (nSPS) is 18.1. The molecule has 0 N–H and O–H groups in total. The third-order valence-electron chi connectivity index (χ3n) is 3.97. The molecule has 1 aliphatic heterocycles. The average Bonchev–Trinajstić information content (AvgIpc) is 3.00. The number of hydrogen-bond donors (Lipinski definition) is 0. The zero-order valence-electron chi connectivity index (χ0n) is 13.7. The smallest absolute Gasteiger partial charge is 0.173 e. The fraction of sp³-hybridized carbons (Fsp3) is 0.562. The maximum Gasteiger partial charge on any atom is 0.173 e. The van der Waals surface area contributed by atoms with Crippen LogP contribution in [-0.2, 0) is 10.3 Å². The molecule has 0 spiro atoms. The van der Waals surface area contributed by atoms with Gasteiger partial charge in [0.1, 0.15) is 5.82 Å². The van der Waals surface area contributed by atoms with Crippen molar-refractivity contribution in [3.8, 4) is 0 Å². The molecule has 1 aromatic carbocycles. The second-order valence-corrected chi connectivity index (χ2v) is 6.72. The van der Waals surface area contributed by atoms with Crippen molar-refractivity contribution in [1.29, 1.82) is 0 Å². The first-order chi connectivity index (χ1) is 11.0. The Morgan fingerprint density at radius 3 is 2.39 bits per heavy atom. The molecule has 0 radical (unpaired) electrons. The van der Waals surface area contributed by atoms with Crippen LogP contribution < -0.4 is 0 Å². The van der Waals surface area contributed by atoms with Gasteiger partial charge in [-0.05, 0) is 48.9 Å². The molecule has 2 heterocycles. The van der Waals surface area contributed by atoms with Crippen LogP contribution in [-0.4, -0.2) is 51.4 Å². The minimum atomic E-state index is -0.245. The number of nitrogens with zero attached hydrogens (tertiary/aromatic N) is 5. The molecule has 1 aliphatic rings. The van der Waals surface area contributed by atoms with Crippen molar-refractivity contribution < 1.29 is 9.13 Å². The van der Waals surface area contributed by atoms with E-state index in [4.69, 9.17) is 4.74 Å². The van der Waals surface area contributed by atoms with Crippen molar-refractivity contribution in [2.24, 2.45) is 0 Å². The van der Waals surface area contributed by atoms with Gasteiger partial charge in [-0.3, -0.25) is 4.90 Å². The largest absolute Gasteiger partial charge is 0.379 e. The van der Waals surface area contributed by atoms with E-state index in [0.29, 0.717) is 13.2 Å². The first kappa shape index (κ1) is 16.0. The first-order valence-corrected chi connectivity index (χ1v) is 7.83. The lowest BCUT2D eigenvalue weighted by molar-refractivity contribution is 0.0208. The van der Waals surface area contributed by atoms with E-state index in [-0.39, 0.29) is 17.4 Å². The highest BCUT2D eigenvalue weighted by Gasteiger charge is 2.32. The van der Waals surface area contributed by atoms with Gasteiger partial charge >= 0.3 is 0 Å². The van der Waals surface area contributed by atoms with Crippen LogP contribution in [0.15, 0.2) is 24.3 Å². The molecule has 7 heteroatoms. The molecule has 2 aromatic rings. The Labute approximate surface area is 135 Å². The van der Waals surface area contributed by atoms with Gasteiger partial charge in [-0.1, -0.05) is 12.1 Å². The maximum absolute atomic E-state index is 13.3. The van der Waals surface area contributed by atoms with Gasteiger partial charge in [-0.15, -0.1) is 5.10 Å². The minimum Gasteiger partial charge on any atom is -0.379 e. The predicted molar refractivity (Wildman–Crippen MR) is 83.4 cm³/mol. The topological polar surface area (TPSA) is 56.1 Å². The molecule has 0 bridgehead atoms. The quantitative estimate of drug-likeness (QED) is 0.866. The first-order valence-electron chi connectivity index (χ1n) is 7.83. The van der Waals surface area contributed by atoms with Crippen molar-refractivity contribution in [2.45, 2.75) is 32.4 Å². The van der Waals surface area contributed by atoms with Crippen LogP contribution in [0.4, 0.5) is 4.39 Å². The lowest BCUT2D eigenvalue weighted by Crippen LogP contribution is -2.41. The van der Waals surface area contributed by atoms with Gasteiger partial charge < -0.3 is 4.74 Å². The van der Waals surface area contributed by atoms with E-state index in [0.717, 1.165) is 24.5 Å². The number of tetrazole rings is 1. The van der Waals surface area contributed by atoms with Gasteiger partial charge in [0, 0.05) is 13.1 Å². The molecule has 23 heavy (non-hydrogen) atoms. The van der Waals surface area contributed by atoms with Crippen molar-refractivity contribution >= 4 is 0 Å². The lowest BCUT2D eigenvalue weighted by atomic mass is 10.0. The number of hydrogen-bond acceptors (Lipinski definition) is 5. The fourth-order valence-corrected chi connectivity index (χ4v) is 2.85. The van der Waals surface area contributed by atoms with Gasteiger partial charge in [-0.2, -0.15) is 0 Å². The number of aromatic nitrogens is 4. The van der Waals surface area contributed by atoms with E-state index in [9.17, 15) is 4.39 Å². The van der Waals surface area contributed by atoms with Gasteiger partial charge in [0.25, 0.3) is 0 Å². The van der Waals surface area contributed by atoms with E-state index in [1.165, 1.54) is 12.1 Å². The Bertz CT molecular complexity index is 643. The van der Waals surface area contributed by atoms with Crippen LogP contribution in [0, 0.1) is 5.82 Å². The fourth-order valence-electron chi connectivity index (χ4n) is 2.85. The summed E-state index contributed by atoms with van der Waals surface area (Å²) in [5.41, 5.74) is 0.747. The number of benzene rings is 1. The van der Waals surface area contributed by atoms with E-state index >= 15 is 0 Å². The SMILES string of the molecule is CC(C)(C)n1nnnc1C(c1ccc(F)cc1)N1CCOCC1. The summed E-state index contributed by atoms with van der Waals surface area (Å²) in [6.45, 7) is 9.12. The molecule has 1 atom stereocenters.